The Morgan fingerprint density at radius 2 is 1.35 bits per heavy atom. The van der Waals surface area contributed by atoms with Gasteiger partial charge in [-0.2, -0.15) is 0 Å². The fourth-order valence-corrected chi connectivity index (χ4v) is 2.05. The Balaban J connectivity index is 0. The first-order valence-corrected chi connectivity index (χ1v) is 8.89. The predicted octanol–water partition coefficient (Wildman–Crippen LogP) is 2.87. The van der Waals surface area contributed by atoms with Crippen LogP contribution in [0.5, 0.6) is 0 Å². The Morgan fingerprint density at radius 3 is 1.55 bits per heavy atom. The summed E-state index contributed by atoms with van der Waals surface area (Å²) >= 11 is 0. The highest BCUT2D eigenvalue weighted by Gasteiger charge is 2.13. The molecule has 6 nitrogen and oxygen atoms in total. The maximum atomic E-state index is 11.0. The number of hydrogen-bond acceptors (Lipinski definition) is 6. The van der Waals surface area contributed by atoms with E-state index >= 15 is 0 Å². The summed E-state index contributed by atoms with van der Waals surface area (Å²) in [6, 6.07) is 10.3. The van der Waals surface area contributed by atoms with E-state index in [0.29, 0.717) is 13.2 Å². The van der Waals surface area contributed by atoms with Crippen molar-refractivity contribution in [3.8, 4) is 0 Å². The molecule has 0 fully saturated rings. The summed E-state index contributed by atoms with van der Waals surface area (Å²) < 4.78 is 45.9. The maximum absolute atomic E-state index is 11.0. The highest BCUT2D eigenvalue weighted by molar-refractivity contribution is 7.59. The standard InChI is InChI=1S/C7H8.C5H13O3P.O3S/c1-7-5-3-2-4-6-7;1-4-7-9(3,6)8-5-2;1-4(2)3/h2-6H,1H3;4-5H2,1-3H3;. The second kappa shape index (κ2) is 13.0. The maximum Gasteiger partial charge on any atom is 0.425 e. The molecule has 1 aromatic carbocycles. The van der Waals surface area contributed by atoms with E-state index in [9.17, 15) is 4.57 Å². The third-order valence-corrected chi connectivity index (χ3v) is 3.12. The van der Waals surface area contributed by atoms with E-state index in [1.165, 1.54) is 12.2 Å². The van der Waals surface area contributed by atoms with Crippen LogP contribution in [0.2, 0.25) is 0 Å². The number of aryl methyl sites for hydroxylation is 1. The minimum absolute atomic E-state index is 0.438. The molecular weight excluding hydrogens is 303 g/mol. The van der Waals surface area contributed by atoms with E-state index in [2.05, 4.69) is 19.1 Å². The quantitative estimate of drug-likeness (QED) is 0.792. The minimum atomic E-state index is -3.11. The van der Waals surface area contributed by atoms with Gasteiger partial charge in [-0.1, -0.05) is 35.9 Å². The van der Waals surface area contributed by atoms with Gasteiger partial charge in [-0.05, 0) is 20.8 Å². The molecule has 0 aliphatic heterocycles. The predicted molar refractivity (Wildman–Crippen MR) is 77.7 cm³/mol. The summed E-state index contributed by atoms with van der Waals surface area (Å²) in [5, 5.41) is 0. The normalized spacial score (nSPS) is 9.60. The molecular formula is C12H21O6PS. The molecule has 8 heteroatoms. The van der Waals surface area contributed by atoms with Gasteiger partial charge >= 0.3 is 18.2 Å². The van der Waals surface area contributed by atoms with Gasteiger partial charge in [0.05, 0.1) is 13.2 Å². The second-order valence-electron chi connectivity index (χ2n) is 3.47. The first kappa shape index (κ1) is 21.3. The first-order valence-electron chi connectivity index (χ1n) is 5.90. The number of rotatable bonds is 4. The van der Waals surface area contributed by atoms with Gasteiger partial charge in [0.15, 0.2) is 0 Å². The Kier molecular flexibility index (Phi) is 13.8. The van der Waals surface area contributed by atoms with Crippen molar-refractivity contribution in [3.63, 3.8) is 0 Å². The molecule has 0 amide bonds. The zero-order valence-electron chi connectivity index (χ0n) is 12.1. The Bertz CT molecular complexity index is 468. The van der Waals surface area contributed by atoms with Crippen molar-refractivity contribution < 1.29 is 26.2 Å². The Hall–Kier alpha value is -1.01. The Morgan fingerprint density at radius 1 is 1.00 bits per heavy atom. The lowest BCUT2D eigenvalue weighted by Gasteiger charge is -2.10. The molecule has 0 heterocycles. The SMILES string of the molecule is CCOP(C)(=O)OCC.Cc1ccccc1.O=S(=O)=O. The summed E-state index contributed by atoms with van der Waals surface area (Å²) in [5.74, 6) is 0. The fraction of sp³-hybridized carbons (Fsp3) is 0.500. The molecule has 0 unspecified atom stereocenters. The van der Waals surface area contributed by atoms with Crippen LogP contribution in [0, 0.1) is 6.92 Å². The summed E-state index contributed by atoms with van der Waals surface area (Å²) in [4.78, 5) is 0. The van der Waals surface area contributed by atoms with Gasteiger partial charge in [-0.25, -0.2) is 0 Å². The van der Waals surface area contributed by atoms with Crippen LogP contribution in [0.4, 0.5) is 0 Å². The van der Waals surface area contributed by atoms with Crippen LogP contribution in [0.1, 0.15) is 19.4 Å². The molecule has 0 aromatic heterocycles. The van der Waals surface area contributed by atoms with Crippen LogP contribution < -0.4 is 0 Å². The van der Waals surface area contributed by atoms with Crippen molar-refractivity contribution in [2.45, 2.75) is 20.8 Å². The van der Waals surface area contributed by atoms with E-state index in [1.54, 1.807) is 13.8 Å². The molecule has 1 aromatic rings. The lowest BCUT2D eigenvalue weighted by atomic mass is 10.2. The zero-order valence-corrected chi connectivity index (χ0v) is 13.8. The van der Waals surface area contributed by atoms with Crippen LogP contribution in [-0.2, 0) is 24.2 Å². The zero-order chi connectivity index (χ0) is 16.0. The van der Waals surface area contributed by atoms with E-state index in [0.717, 1.165) is 0 Å². The summed E-state index contributed by atoms with van der Waals surface area (Å²) in [7, 11) is -5.80. The van der Waals surface area contributed by atoms with Crippen molar-refractivity contribution in [2.24, 2.45) is 0 Å². The van der Waals surface area contributed by atoms with Gasteiger partial charge < -0.3 is 9.05 Å². The van der Waals surface area contributed by atoms with Crippen LogP contribution in [0.25, 0.3) is 0 Å². The molecule has 0 radical (unpaired) electrons. The van der Waals surface area contributed by atoms with Gasteiger partial charge in [0.2, 0.25) is 0 Å². The molecule has 0 spiro atoms. The van der Waals surface area contributed by atoms with Gasteiger partial charge in [-0.15, -0.1) is 12.6 Å². The topological polar surface area (TPSA) is 86.7 Å². The van der Waals surface area contributed by atoms with E-state index in [4.69, 9.17) is 21.7 Å². The molecule has 20 heavy (non-hydrogen) atoms. The third-order valence-electron chi connectivity index (χ3n) is 1.67. The van der Waals surface area contributed by atoms with Crippen molar-refractivity contribution in [1.82, 2.24) is 0 Å². The summed E-state index contributed by atoms with van der Waals surface area (Å²) in [6.45, 7) is 8.01. The van der Waals surface area contributed by atoms with Crippen molar-refractivity contribution in [2.75, 3.05) is 19.9 Å². The number of hydrogen-bond donors (Lipinski definition) is 0. The second-order valence-corrected chi connectivity index (χ2v) is 5.93. The van der Waals surface area contributed by atoms with Crippen LogP contribution in [0.15, 0.2) is 30.3 Å². The first-order chi connectivity index (χ1) is 9.25. The van der Waals surface area contributed by atoms with Gasteiger partial charge in [0.25, 0.3) is 0 Å². The van der Waals surface area contributed by atoms with Crippen molar-refractivity contribution in [1.29, 1.82) is 0 Å². The van der Waals surface area contributed by atoms with Crippen LogP contribution >= 0.6 is 7.60 Å². The average molecular weight is 324 g/mol. The molecule has 0 aliphatic carbocycles. The van der Waals surface area contributed by atoms with E-state index in [1.807, 2.05) is 18.2 Å². The highest BCUT2D eigenvalue weighted by atomic mass is 32.2. The molecule has 0 saturated carbocycles. The molecule has 0 bridgehead atoms. The van der Waals surface area contributed by atoms with E-state index in [-0.39, 0.29) is 0 Å². The van der Waals surface area contributed by atoms with Crippen molar-refractivity contribution in [3.05, 3.63) is 35.9 Å². The molecule has 0 saturated heterocycles. The van der Waals surface area contributed by atoms with Gasteiger partial charge in [-0.3, -0.25) is 4.57 Å². The Labute approximate surface area is 121 Å². The number of benzene rings is 1. The van der Waals surface area contributed by atoms with Crippen LogP contribution in [0.3, 0.4) is 0 Å². The van der Waals surface area contributed by atoms with Crippen molar-refractivity contribution >= 4 is 18.2 Å². The largest absolute Gasteiger partial charge is 0.425 e. The van der Waals surface area contributed by atoms with Crippen LogP contribution in [-0.4, -0.2) is 32.5 Å². The summed E-state index contributed by atoms with van der Waals surface area (Å²) in [5.41, 5.74) is 1.32. The molecule has 0 atom stereocenters. The lowest BCUT2D eigenvalue weighted by molar-refractivity contribution is 0.225. The third kappa shape index (κ3) is 19.3. The molecule has 0 aliphatic rings. The highest BCUT2D eigenvalue weighted by Crippen LogP contribution is 2.43. The molecule has 0 N–H and O–H groups in total. The van der Waals surface area contributed by atoms with Gasteiger partial charge in [0.1, 0.15) is 0 Å². The monoisotopic (exact) mass is 324 g/mol. The van der Waals surface area contributed by atoms with E-state index < -0.39 is 18.2 Å². The smallest absolute Gasteiger partial charge is 0.309 e. The minimum Gasteiger partial charge on any atom is -0.309 e. The summed E-state index contributed by atoms with van der Waals surface area (Å²) in [6.07, 6.45) is 0. The van der Waals surface area contributed by atoms with Gasteiger partial charge in [0, 0.05) is 6.66 Å². The lowest BCUT2D eigenvalue weighted by Crippen LogP contribution is -1.92. The molecule has 1 rings (SSSR count). The molecule has 116 valence electrons. The average Bonchev–Trinajstić information content (AvgIpc) is 2.29. The fourth-order valence-electron chi connectivity index (χ4n) is 1.04.